The summed E-state index contributed by atoms with van der Waals surface area (Å²) in [5.74, 6) is 3.13. The van der Waals surface area contributed by atoms with Gasteiger partial charge in [0.05, 0.1) is 0 Å². The van der Waals surface area contributed by atoms with Crippen LogP contribution in [0.3, 0.4) is 0 Å². The Morgan fingerprint density at radius 2 is 2.08 bits per heavy atom. The molecule has 2 rings (SSSR count). The van der Waals surface area contributed by atoms with Gasteiger partial charge in [0.2, 0.25) is 0 Å². The van der Waals surface area contributed by atoms with Gasteiger partial charge in [-0.15, -0.1) is 0 Å². The van der Waals surface area contributed by atoms with E-state index in [-0.39, 0.29) is 0 Å². The second-order valence-electron chi connectivity index (χ2n) is 5.18. The van der Waals surface area contributed by atoms with Crippen LogP contribution in [-0.2, 0) is 0 Å². The summed E-state index contributed by atoms with van der Waals surface area (Å²) in [6.45, 7) is 4.98. The molecular weight excluding hydrogens is 212 g/mol. The maximum Gasteiger partial charge on any atom is 0.00342 e. The predicted molar refractivity (Wildman–Crippen MR) is 56.5 cm³/mol. The van der Waals surface area contributed by atoms with E-state index in [1.165, 1.54) is 31.0 Å². The van der Waals surface area contributed by atoms with Crippen LogP contribution in [0.1, 0.15) is 39.5 Å². The summed E-state index contributed by atoms with van der Waals surface area (Å²) >= 11 is 3.58. The van der Waals surface area contributed by atoms with Crippen molar-refractivity contribution >= 4 is 15.9 Å². The van der Waals surface area contributed by atoms with Gasteiger partial charge in [0.15, 0.2) is 0 Å². The molecule has 0 radical (unpaired) electrons. The molecule has 0 aromatic carbocycles. The van der Waals surface area contributed by atoms with Crippen LogP contribution in [-0.4, -0.2) is 5.33 Å². The first-order valence-electron chi connectivity index (χ1n) is 5.22. The molecule has 0 spiro atoms. The summed E-state index contributed by atoms with van der Waals surface area (Å²) in [6.07, 6.45) is 5.96. The number of fused-ring (bicyclic) bond motifs is 2. The van der Waals surface area contributed by atoms with Crippen LogP contribution in [0.2, 0.25) is 0 Å². The van der Waals surface area contributed by atoms with Crippen molar-refractivity contribution in [1.29, 1.82) is 0 Å². The molecule has 0 amide bonds. The third-order valence-corrected chi connectivity index (χ3v) is 4.93. The smallest absolute Gasteiger partial charge is 0.00342 e. The van der Waals surface area contributed by atoms with E-state index in [0.29, 0.717) is 5.41 Å². The Balaban J connectivity index is 2.12. The highest BCUT2D eigenvalue weighted by molar-refractivity contribution is 9.09. The van der Waals surface area contributed by atoms with Crippen molar-refractivity contribution in [2.24, 2.45) is 23.2 Å². The van der Waals surface area contributed by atoms with Gasteiger partial charge in [0.25, 0.3) is 0 Å². The molecule has 12 heavy (non-hydrogen) atoms. The van der Waals surface area contributed by atoms with Crippen molar-refractivity contribution in [1.82, 2.24) is 0 Å². The third-order valence-electron chi connectivity index (χ3n) is 4.47. The molecule has 0 heterocycles. The minimum Gasteiger partial charge on any atom is -0.0928 e. The fraction of sp³-hybridized carbons (Fsp3) is 1.00. The van der Waals surface area contributed by atoms with Crippen molar-refractivity contribution < 1.29 is 0 Å². The molecule has 0 saturated heterocycles. The summed E-state index contributed by atoms with van der Waals surface area (Å²) < 4.78 is 0. The molecule has 2 fully saturated rings. The minimum atomic E-state index is 0.649. The summed E-state index contributed by atoms with van der Waals surface area (Å²) in [6, 6.07) is 0. The zero-order valence-corrected chi connectivity index (χ0v) is 9.73. The molecule has 2 aliphatic rings. The van der Waals surface area contributed by atoms with E-state index in [1.54, 1.807) is 0 Å². The van der Waals surface area contributed by atoms with Crippen LogP contribution in [0, 0.1) is 23.2 Å². The lowest BCUT2D eigenvalue weighted by Crippen LogP contribution is -2.30. The first-order valence-corrected chi connectivity index (χ1v) is 6.34. The number of hydrogen-bond donors (Lipinski definition) is 0. The number of halogens is 1. The Morgan fingerprint density at radius 3 is 2.58 bits per heavy atom. The van der Waals surface area contributed by atoms with Crippen molar-refractivity contribution in [2.75, 3.05) is 5.33 Å². The van der Waals surface area contributed by atoms with E-state index >= 15 is 0 Å². The van der Waals surface area contributed by atoms with E-state index in [4.69, 9.17) is 0 Å². The second kappa shape index (κ2) is 3.01. The van der Waals surface area contributed by atoms with Gasteiger partial charge < -0.3 is 0 Å². The van der Waals surface area contributed by atoms with Gasteiger partial charge in [-0.25, -0.2) is 0 Å². The Bertz CT molecular complexity index is 174. The quantitative estimate of drug-likeness (QED) is 0.633. The standard InChI is InChI=1S/C11H19Br/c1-11(2)9-4-3-8(7-9)10(11)5-6-12/h8-10H,3-7H2,1-2H3/t8-,9+,10-/m0/s1. The van der Waals surface area contributed by atoms with Crippen molar-refractivity contribution in [3.8, 4) is 0 Å². The summed E-state index contributed by atoms with van der Waals surface area (Å²) in [7, 11) is 0. The number of alkyl halides is 1. The highest BCUT2D eigenvalue weighted by Gasteiger charge is 2.51. The van der Waals surface area contributed by atoms with E-state index in [0.717, 1.165) is 17.8 Å². The zero-order valence-electron chi connectivity index (χ0n) is 8.15. The largest absolute Gasteiger partial charge is 0.0928 e. The lowest BCUT2D eigenvalue weighted by atomic mass is 9.68. The topological polar surface area (TPSA) is 0 Å². The molecule has 1 heteroatoms. The van der Waals surface area contributed by atoms with Crippen LogP contribution in [0.5, 0.6) is 0 Å². The lowest BCUT2D eigenvalue weighted by Gasteiger charge is -2.38. The summed E-state index contributed by atoms with van der Waals surface area (Å²) in [5.41, 5.74) is 0.649. The zero-order chi connectivity index (χ0) is 8.77. The molecule has 0 unspecified atom stereocenters. The average Bonchev–Trinajstić information content (AvgIpc) is 2.53. The monoisotopic (exact) mass is 230 g/mol. The van der Waals surface area contributed by atoms with Crippen molar-refractivity contribution in [2.45, 2.75) is 39.5 Å². The van der Waals surface area contributed by atoms with Crippen molar-refractivity contribution in [3.63, 3.8) is 0 Å². The number of rotatable bonds is 2. The van der Waals surface area contributed by atoms with Crippen LogP contribution in [0.25, 0.3) is 0 Å². The highest BCUT2D eigenvalue weighted by atomic mass is 79.9. The van der Waals surface area contributed by atoms with Gasteiger partial charge in [-0.1, -0.05) is 29.8 Å². The van der Waals surface area contributed by atoms with Gasteiger partial charge in [-0.05, 0) is 48.9 Å². The fourth-order valence-electron chi connectivity index (χ4n) is 3.69. The van der Waals surface area contributed by atoms with Crippen molar-refractivity contribution in [3.05, 3.63) is 0 Å². The normalized spacial score (nSPS) is 43.8. The van der Waals surface area contributed by atoms with E-state index in [2.05, 4.69) is 29.8 Å². The molecular formula is C11H19Br. The Morgan fingerprint density at radius 1 is 1.33 bits per heavy atom. The SMILES string of the molecule is CC1(C)[C@@H]2CC[C@@H](C2)[C@@H]1CCBr. The predicted octanol–water partition coefficient (Wildman–Crippen LogP) is 3.84. The molecule has 0 nitrogen and oxygen atoms in total. The van der Waals surface area contributed by atoms with Crippen LogP contribution in [0.15, 0.2) is 0 Å². The Hall–Kier alpha value is 0.480. The van der Waals surface area contributed by atoms with E-state index < -0.39 is 0 Å². The highest BCUT2D eigenvalue weighted by Crippen LogP contribution is 2.60. The molecule has 0 aromatic heterocycles. The van der Waals surface area contributed by atoms with Gasteiger partial charge in [0, 0.05) is 5.33 Å². The molecule has 0 aromatic rings. The fourth-order valence-corrected chi connectivity index (χ4v) is 4.19. The molecule has 0 aliphatic heterocycles. The van der Waals surface area contributed by atoms with E-state index in [9.17, 15) is 0 Å². The number of hydrogen-bond acceptors (Lipinski definition) is 0. The van der Waals surface area contributed by atoms with Crippen LogP contribution < -0.4 is 0 Å². The van der Waals surface area contributed by atoms with E-state index in [1.807, 2.05) is 0 Å². The molecule has 0 N–H and O–H groups in total. The van der Waals surface area contributed by atoms with Gasteiger partial charge >= 0.3 is 0 Å². The Kier molecular flexibility index (Phi) is 2.27. The van der Waals surface area contributed by atoms with Gasteiger partial charge in [-0.2, -0.15) is 0 Å². The first-order chi connectivity index (χ1) is 5.66. The molecule has 70 valence electrons. The second-order valence-corrected chi connectivity index (χ2v) is 5.97. The summed E-state index contributed by atoms with van der Waals surface area (Å²) in [5, 5.41) is 1.20. The third kappa shape index (κ3) is 1.16. The average molecular weight is 231 g/mol. The minimum absolute atomic E-state index is 0.649. The molecule has 2 aliphatic carbocycles. The molecule has 2 saturated carbocycles. The first kappa shape index (κ1) is 9.05. The molecule has 3 atom stereocenters. The van der Waals surface area contributed by atoms with Gasteiger partial charge in [0.1, 0.15) is 0 Å². The maximum absolute atomic E-state index is 3.58. The van der Waals surface area contributed by atoms with Crippen LogP contribution >= 0.6 is 15.9 Å². The maximum atomic E-state index is 3.58. The lowest BCUT2D eigenvalue weighted by molar-refractivity contribution is 0.120. The van der Waals surface area contributed by atoms with Crippen LogP contribution in [0.4, 0.5) is 0 Å². The Labute approximate surface area is 84.2 Å². The molecule has 2 bridgehead atoms. The van der Waals surface area contributed by atoms with Gasteiger partial charge in [-0.3, -0.25) is 0 Å². The summed E-state index contributed by atoms with van der Waals surface area (Å²) in [4.78, 5) is 0.